The predicted octanol–water partition coefficient (Wildman–Crippen LogP) is 2.92. The van der Waals surface area contributed by atoms with E-state index in [2.05, 4.69) is 4.98 Å². The van der Waals surface area contributed by atoms with Gasteiger partial charge in [0.25, 0.3) is 0 Å². The smallest absolute Gasteiger partial charge is 0.123 e. The topological polar surface area (TPSA) is 38.0 Å². The van der Waals surface area contributed by atoms with Gasteiger partial charge in [-0.3, -0.25) is 0 Å². The Morgan fingerprint density at radius 1 is 1.30 bits per heavy atom. The zero-order valence-electron chi connectivity index (χ0n) is 12.2. The van der Waals surface area contributed by atoms with Crippen molar-refractivity contribution in [2.75, 3.05) is 0 Å². The first-order chi connectivity index (χ1) is 9.45. The maximum atomic E-state index is 13.0. The summed E-state index contributed by atoms with van der Waals surface area (Å²) in [5, 5.41) is 10.5. The highest BCUT2D eigenvalue weighted by atomic mass is 19.1. The van der Waals surface area contributed by atoms with Crippen molar-refractivity contribution in [2.45, 2.75) is 45.3 Å². The summed E-state index contributed by atoms with van der Waals surface area (Å²) in [5.41, 5.74) is 0.457. The summed E-state index contributed by atoms with van der Waals surface area (Å²) in [5.74, 6) is 0.607. The first kappa shape index (κ1) is 14.7. The molecule has 1 N–H and O–H groups in total. The third-order valence-corrected chi connectivity index (χ3v) is 3.94. The highest BCUT2D eigenvalue weighted by molar-refractivity contribution is 5.26. The van der Waals surface area contributed by atoms with E-state index in [1.165, 1.54) is 12.1 Å². The molecule has 0 amide bonds. The van der Waals surface area contributed by atoms with Crippen LogP contribution in [0.4, 0.5) is 4.39 Å². The summed E-state index contributed by atoms with van der Waals surface area (Å²) in [6.07, 6.45) is 3.55. The molecule has 1 heterocycles. The fourth-order valence-corrected chi connectivity index (χ4v) is 2.32. The summed E-state index contributed by atoms with van der Waals surface area (Å²) in [4.78, 5) is 4.29. The Hall–Kier alpha value is -1.68. The van der Waals surface area contributed by atoms with Crippen LogP contribution in [0, 0.1) is 5.82 Å². The number of benzene rings is 1. The largest absolute Gasteiger partial charge is 0.392 e. The number of aliphatic hydroxyl groups is 1. The van der Waals surface area contributed by atoms with Gasteiger partial charge in [-0.2, -0.15) is 0 Å². The third kappa shape index (κ3) is 2.90. The van der Waals surface area contributed by atoms with Crippen molar-refractivity contribution in [1.82, 2.24) is 9.55 Å². The van der Waals surface area contributed by atoms with Crippen molar-refractivity contribution in [1.29, 1.82) is 0 Å². The maximum Gasteiger partial charge on any atom is 0.123 e. The quantitative estimate of drug-likeness (QED) is 0.912. The molecule has 2 rings (SSSR count). The van der Waals surface area contributed by atoms with Crippen LogP contribution in [0.3, 0.4) is 0 Å². The fraction of sp³-hybridized carbons (Fsp3) is 0.438. The number of hydrogen-bond acceptors (Lipinski definition) is 2. The van der Waals surface area contributed by atoms with Gasteiger partial charge in [-0.15, -0.1) is 0 Å². The zero-order chi connectivity index (χ0) is 14.8. The van der Waals surface area contributed by atoms with E-state index in [1.54, 1.807) is 18.3 Å². The van der Waals surface area contributed by atoms with E-state index in [9.17, 15) is 9.50 Å². The van der Waals surface area contributed by atoms with Gasteiger partial charge in [-0.25, -0.2) is 9.37 Å². The van der Waals surface area contributed by atoms with Crippen LogP contribution in [0.1, 0.15) is 32.2 Å². The molecule has 0 saturated heterocycles. The first-order valence-electron chi connectivity index (χ1n) is 6.89. The maximum absolute atomic E-state index is 13.0. The van der Waals surface area contributed by atoms with Gasteiger partial charge in [-0.1, -0.05) is 26.0 Å². The molecule has 20 heavy (non-hydrogen) atoms. The van der Waals surface area contributed by atoms with Crippen LogP contribution in [-0.2, 0) is 18.4 Å². The molecule has 1 atom stereocenters. The number of aromatic nitrogens is 2. The Labute approximate surface area is 119 Å². The van der Waals surface area contributed by atoms with Crippen LogP contribution in [0.15, 0.2) is 36.7 Å². The fourth-order valence-electron chi connectivity index (χ4n) is 2.32. The van der Waals surface area contributed by atoms with E-state index in [4.69, 9.17) is 0 Å². The number of aryl methyl sites for hydroxylation is 1. The summed E-state index contributed by atoms with van der Waals surface area (Å²) in [6.45, 7) is 6.80. The van der Waals surface area contributed by atoms with Gasteiger partial charge in [0.1, 0.15) is 11.6 Å². The van der Waals surface area contributed by atoms with E-state index in [0.717, 1.165) is 17.9 Å². The highest BCUT2D eigenvalue weighted by Crippen LogP contribution is 2.29. The van der Waals surface area contributed by atoms with Crippen molar-refractivity contribution in [3.8, 4) is 0 Å². The number of halogens is 1. The van der Waals surface area contributed by atoms with Gasteiger partial charge in [0.15, 0.2) is 0 Å². The molecule has 0 aliphatic rings. The van der Waals surface area contributed by atoms with E-state index in [0.29, 0.717) is 6.42 Å². The van der Waals surface area contributed by atoms with Crippen LogP contribution >= 0.6 is 0 Å². The second-order valence-electron chi connectivity index (χ2n) is 5.58. The lowest BCUT2D eigenvalue weighted by molar-refractivity contribution is 0.0971. The number of nitrogens with zero attached hydrogens (tertiary/aromatic N) is 2. The molecule has 4 heteroatoms. The molecular formula is C16H21FN2O. The van der Waals surface area contributed by atoms with Crippen LogP contribution in [0.2, 0.25) is 0 Å². The summed E-state index contributed by atoms with van der Waals surface area (Å²) in [7, 11) is 0. The average molecular weight is 276 g/mol. The van der Waals surface area contributed by atoms with Crippen molar-refractivity contribution in [2.24, 2.45) is 0 Å². The minimum atomic E-state index is -0.583. The van der Waals surface area contributed by atoms with Crippen molar-refractivity contribution < 1.29 is 9.50 Å². The minimum absolute atomic E-state index is 0.263. The Balaban J connectivity index is 2.18. The average Bonchev–Trinajstić information content (AvgIpc) is 2.86. The van der Waals surface area contributed by atoms with E-state index in [-0.39, 0.29) is 5.82 Å². The Morgan fingerprint density at radius 2 is 1.95 bits per heavy atom. The van der Waals surface area contributed by atoms with Gasteiger partial charge in [0, 0.05) is 30.8 Å². The summed E-state index contributed by atoms with van der Waals surface area (Å²) >= 11 is 0. The SMILES string of the molecule is CCn1ccnc1CC(O)C(C)(C)c1ccc(F)cc1. The molecule has 0 aliphatic carbocycles. The van der Waals surface area contributed by atoms with Crippen LogP contribution in [0.5, 0.6) is 0 Å². The Kier molecular flexibility index (Phi) is 4.23. The molecule has 0 saturated carbocycles. The number of rotatable bonds is 5. The van der Waals surface area contributed by atoms with Gasteiger partial charge in [0.2, 0.25) is 0 Å². The van der Waals surface area contributed by atoms with Crippen LogP contribution in [0.25, 0.3) is 0 Å². The molecular weight excluding hydrogens is 255 g/mol. The van der Waals surface area contributed by atoms with Crippen LogP contribution < -0.4 is 0 Å². The van der Waals surface area contributed by atoms with E-state index < -0.39 is 11.5 Å². The summed E-state index contributed by atoms with van der Waals surface area (Å²) in [6, 6.07) is 6.31. The van der Waals surface area contributed by atoms with Gasteiger partial charge < -0.3 is 9.67 Å². The molecule has 0 fully saturated rings. The van der Waals surface area contributed by atoms with E-state index in [1.807, 2.05) is 31.5 Å². The zero-order valence-corrected chi connectivity index (χ0v) is 12.2. The first-order valence-corrected chi connectivity index (χ1v) is 6.89. The lowest BCUT2D eigenvalue weighted by Crippen LogP contribution is -2.36. The standard InChI is InChI=1S/C16H21FN2O/c1-4-19-10-9-18-15(19)11-14(20)16(2,3)12-5-7-13(17)8-6-12/h5-10,14,20H,4,11H2,1-3H3. The van der Waals surface area contributed by atoms with Gasteiger partial charge >= 0.3 is 0 Å². The monoisotopic (exact) mass is 276 g/mol. The second-order valence-corrected chi connectivity index (χ2v) is 5.58. The molecule has 108 valence electrons. The lowest BCUT2D eigenvalue weighted by Gasteiger charge is -2.31. The predicted molar refractivity (Wildman–Crippen MR) is 77.0 cm³/mol. The molecule has 1 unspecified atom stereocenters. The molecule has 0 radical (unpaired) electrons. The molecule has 1 aromatic carbocycles. The molecule has 2 aromatic rings. The molecule has 0 bridgehead atoms. The van der Waals surface area contributed by atoms with Crippen molar-refractivity contribution in [3.63, 3.8) is 0 Å². The Morgan fingerprint density at radius 3 is 2.55 bits per heavy atom. The second kappa shape index (κ2) is 5.75. The Bertz CT molecular complexity index is 560. The summed E-state index contributed by atoms with van der Waals surface area (Å²) < 4.78 is 15.0. The third-order valence-electron chi connectivity index (χ3n) is 3.94. The van der Waals surface area contributed by atoms with Crippen LogP contribution in [-0.4, -0.2) is 20.8 Å². The van der Waals surface area contributed by atoms with Crippen molar-refractivity contribution in [3.05, 3.63) is 53.9 Å². The van der Waals surface area contributed by atoms with E-state index >= 15 is 0 Å². The number of aliphatic hydroxyl groups excluding tert-OH is 1. The van der Waals surface area contributed by atoms with Crippen molar-refractivity contribution >= 4 is 0 Å². The molecule has 0 spiro atoms. The number of imidazole rings is 1. The van der Waals surface area contributed by atoms with Gasteiger partial charge in [0.05, 0.1) is 6.10 Å². The molecule has 1 aromatic heterocycles. The minimum Gasteiger partial charge on any atom is -0.392 e. The molecule has 0 aliphatic heterocycles. The normalized spacial score (nSPS) is 13.4. The number of hydrogen-bond donors (Lipinski definition) is 1. The molecule has 3 nitrogen and oxygen atoms in total. The highest BCUT2D eigenvalue weighted by Gasteiger charge is 2.30. The lowest BCUT2D eigenvalue weighted by atomic mass is 9.78. The van der Waals surface area contributed by atoms with Gasteiger partial charge in [-0.05, 0) is 24.6 Å².